The van der Waals surface area contributed by atoms with E-state index in [4.69, 9.17) is 16.6 Å². The van der Waals surface area contributed by atoms with Gasteiger partial charge >= 0.3 is 0 Å². The summed E-state index contributed by atoms with van der Waals surface area (Å²) >= 11 is 7.53. The van der Waals surface area contributed by atoms with Gasteiger partial charge in [-0.25, -0.2) is 4.39 Å². The van der Waals surface area contributed by atoms with Crippen LogP contribution in [0, 0.1) is 5.82 Å². The predicted molar refractivity (Wildman–Crippen MR) is 111 cm³/mol. The van der Waals surface area contributed by atoms with Crippen molar-refractivity contribution in [2.24, 2.45) is 12.0 Å². The number of hydrogen-bond acceptors (Lipinski definition) is 3. The van der Waals surface area contributed by atoms with E-state index >= 15 is 0 Å². The third-order valence-corrected chi connectivity index (χ3v) is 5.98. The molecule has 0 radical (unpaired) electrons. The number of anilines is 1. The first kappa shape index (κ1) is 21.9. The third kappa shape index (κ3) is 6.06. The van der Waals surface area contributed by atoms with Crippen molar-refractivity contribution in [3.05, 3.63) is 44.9 Å². The molecule has 27 heavy (non-hydrogen) atoms. The fraction of sp³-hybridized carbons (Fsp3) is 0.474. The quantitative estimate of drug-likeness (QED) is 0.671. The van der Waals surface area contributed by atoms with Crippen LogP contribution in [-0.2, 0) is 18.3 Å². The molecule has 1 heterocycles. The van der Waals surface area contributed by atoms with Gasteiger partial charge in [-0.1, -0.05) is 37.3 Å². The summed E-state index contributed by atoms with van der Waals surface area (Å²) in [4.78, 5) is 18.2. The van der Waals surface area contributed by atoms with Gasteiger partial charge < -0.3 is 9.88 Å². The second-order valence-corrected chi connectivity index (χ2v) is 7.94. The maximum Gasteiger partial charge on any atom is 0.230 e. The van der Waals surface area contributed by atoms with Gasteiger partial charge in [0.2, 0.25) is 5.91 Å². The van der Waals surface area contributed by atoms with Gasteiger partial charge in [0, 0.05) is 18.1 Å². The summed E-state index contributed by atoms with van der Waals surface area (Å²) in [6.45, 7) is 0. The summed E-state index contributed by atoms with van der Waals surface area (Å²) in [5.74, 6) is -0.616. The van der Waals surface area contributed by atoms with Crippen LogP contribution in [0.2, 0.25) is 5.02 Å². The fourth-order valence-electron chi connectivity index (χ4n) is 3.17. The molecule has 1 amide bonds. The van der Waals surface area contributed by atoms with Crippen molar-refractivity contribution in [2.75, 3.05) is 5.32 Å². The van der Waals surface area contributed by atoms with Crippen LogP contribution in [-0.4, -0.2) is 16.5 Å². The van der Waals surface area contributed by atoms with Crippen LogP contribution in [0.25, 0.3) is 0 Å². The summed E-state index contributed by atoms with van der Waals surface area (Å²) in [5, 5.41) is 4.90. The number of carbonyl (C=O) groups is 1. The van der Waals surface area contributed by atoms with Crippen LogP contribution in [0.5, 0.6) is 0 Å². The largest absolute Gasteiger partial charge is 0.324 e. The molecule has 1 N–H and O–H groups in total. The van der Waals surface area contributed by atoms with Crippen LogP contribution in [0.15, 0.2) is 28.6 Å². The Morgan fingerprint density at radius 3 is 2.70 bits per heavy atom. The van der Waals surface area contributed by atoms with Crippen LogP contribution < -0.4 is 10.1 Å². The Morgan fingerprint density at radius 1 is 1.33 bits per heavy atom. The van der Waals surface area contributed by atoms with E-state index in [-0.39, 0.29) is 29.8 Å². The Morgan fingerprint density at radius 2 is 2.04 bits per heavy atom. The summed E-state index contributed by atoms with van der Waals surface area (Å²) in [7, 11) is 1.94. The van der Waals surface area contributed by atoms with Gasteiger partial charge in [0.15, 0.2) is 4.80 Å². The van der Waals surface area contributed by atoms with E-state index in [2.05, 4.69) is 5.32 Å². The molecule has 0 saturated heterocycles. The number of nitrogens with one attached hydrogen (secondary N) is 1. The number of carbonyl (C=O) groups excluding carboxylic acids is 1. The van der Waals surface area contributed by atoms with Gasteiger partial charge in [-0.3, -0.25) is 9.79 Å². The Bertz CT molecular complexity index is 842. The van der Waals surface area contributed by atoms with Crippen molar-refractivity contribution in [1.82, 2.24) is 4.57 Å². The van der Waals surface area contributed by atoms with Crippen molar-refractivity contribution in [3.8, 4) is 0 Å². The van der Waals surface area contributed by atoms with Crippen LogP contribution in [0.4, 0.5) is 10.1 Å². The number of hydrogen-bond donors (Lipinski definition) is 1. The molecule has 0 unspecified atom stereocenters. The molecule has 2 aromatic rings. The first-order chi connectivity index (χ1) is 12.5. The summed E-state index contributed by atoms with van der Waals surface area (Å²) in [6, 6.07) is 4.32. The highest BCUT2D eigenvalue weighted by Crippen LogP contribution is 2.23. The first-order valence-electron chi connectivity index (χ1n) is 8.95. The van der Waals surface area contributed by atoms with E-state index in [0.717, 1.165) is 23.3 Å². The van der Waals surface area contributed by atoms with Gasteiger partial charge in [-0.15, -0.1) is 23.7 Å². The molecule has 3 rings (SSSR count). The van der Waals surface area contributed by atoms with Crippen LogP contribution >= 0.6 is 35.3 Å². The molecule has 0 spiro atoms. The average molecular weight is 432 g/mol. The molecule has 1 aromatic carbocycles. The number of benzene rings is 1. The molecule has 1 saturated carbocycles. The van der Waals surface area contributed by atoms with Crippen LogP contribution in [0.3, 0.4) is 0 Å². The highest BCUT2D eigenvalue weighted by atomic mass is 35.5. The van der Waals surface area contributed by atoms with E-state index < -0.39 is 5.82 Å². The normalized spacial score (nSPS) is 15.9. The monoisotopic (exact) mass is 431 g/mol. The summed E-state index contributed by atoms with van der Waals surface area (Å²) in [5.41, 5.74) is 1.32. The van der Waals surface area contributed by atoms with Gasteiger partial charge in [0.1, 0.15) is 5.82 Å². The lowest BCUT2D eigenvalue weighted by Crippen LogP contribution is -2.21. The molecule has 1 aromatic heterocycles. The number of aromatic nitrogens is 1. The number of rotatable bonds is 4. The zero-order valence-corrected chi connectivity index (χ0v) is 17.6. The summed E-state index contributed by atoms with van der Waals surface area (Å²) < 4.78 is 15.1. The highest BCUT2D eigenvalue weighted by molar-refractivity contribution is 7.07. The molecule has 0 bridgehead atoms. The minimum atomic E-state index is -0.429. The lowest BCUT2D eigenvalue weighted by molar-refractivity contribution is -0.115. The fourth-order valence-corrected chi connectivity index (χ4v) is 4.35. The molecule has 1 fully saturated rings. The van der Waals surface area contributed by atoms with Crippen molar-refractivity contribution in [3.63, 3.8) is 0 Å². The maximum atomic E-state index is 13.1. The lowest BCUT2D eigenvalue weighted by Gasteiger charge is -2.09. The molecule has 4 nitrogen and oxygen atoms in total. The van der Waals surface area contributed by atoms with E-state index in [0.29, 0.717) is 11.7 Å². The number of halogens is 3. The van der Waals surface area contributed by atoms with E-state index in [1.54, 1.807) is 11.3 Å². The molecule has 148 valence electrons. The third-order valence-electron chi connectivity index (χ3n) is 4.68. The SMILES string of the molecule is Cl.Cn1c(CC(=O)Nc2ccc(F)cc2Cl)csc1=NC1CCCCCC1. The lowest BCUT2D eigenvalue weighted by atomic mass is 10.1. The van der Waals surface area contributed by atoms with Crippen LogP contribution in [0.1, 0.15) is 44.2 Å². The molecule has 0 aliphatic heterocycles. The maximum absolute atomic E-state index is 13.1. The second kappa shape index (κ2) is 10.2. The zero-order chi connectivity index (χ0) is 18.5. The number of amides is 1. The minimum Gasteiger partial charge on any atom is -0.324 e. The van der Waals surface area contributed by atoms with E-state index in [9.17, 15) is 9.18 Å². The van der Waals surface area contributed by atoms with Gasteiger partial charge in [0.05, 0.1) is 23.2 Å². The van der Waals surface area contributed by atoms with Crippen molar-refractivity contribution >= 4 is 46.9 Å². The average Bonchev–Trinajstić information content (AvgIpc) is 2.80. The van der Waals surface area contributed by atoms with Gasteiger partial charge in [0.25, 0.3) is 0 Å². The minimum absolute atomic E-state index is 0. The van der Waals surface area contributed by atoms with Gasteiger partial charge in [-0.2, -0.15) is 0 Å². The highest BCUT2D eigenvalue weighted by Gasteiger charge is 2.13. The molecule has 1 aliphatic rings. The number of nitrogens with zero attached hydrogens (tertiary/aromatic N) is 2. The zero-order valence-electron chi connectivity index (χ0n) is 15.2. The van der Waals surface area contributed by atoms with Crippen molar-refractivity contribution in [1.29, 1.82) is 0 Å². The molecular formula is C19H24Cl2FN3OS. The van der Waals surface area contributed by atoms with E-state index in [1.165, 1.54) is 43.9 Å². The Kier molecular flexibility index (Phi) is 8.32. The second-order valence-electron chi connectivity index (χ2n) is 6.69. The Hall–Kier alpha value is -1.37. The smallest absolute Gasteiger partial charge is 0.230 e. The standard InChI is InChI=1S/C19H23ClFN3OS.ClH/c1-24-15(11-18(25)23-17-9-8-13(21)10-16(17)20)12-26-19(24)22-14-6-4-2-3-5-7-14;/h8-10,12,14H,2-7,11H2,1H3,(H,23,25);1H. The topological polar surface area (TPSA) is 46.4 Å². The summed E-state index contributed by atoms with van der Waals surface area (Å²) in [6.07, 6.45) is 7.63. The predicted octanol–water partition coefficient (Wildman–Crippen LogP) is 5.11. The molecule has 1 aliphatic carbocycles. The van der Waals surface area contributed by atoms with E-state index in [1.807, 2.05) is 17.0 Å². The Labute approximate surface area is 173 Å². The van der Waals surface area contributed by atoms with Gasteiger partial charge in [-0.05, 0) is 31.0 Å². The van der Waals surface area contributed by atoms with Crippen molar-refractivity contribution < 1.29 is 9.18 Å². The molecular weight excluding hydrogens is 408 g/mol. The first-order valence-corrected chi connectivity index (χ1v) is 10.2. The number of thiazole rings is 1. The molecule has 8 heteroatoms. The van der Waals surface area contributed by atoms with Crippen molar-refractivity contribution in [2.45, 2.75) is 51.0 Å². The Balaban J connectivity index is 0.00000261. The molecule has 0 atom stereocenters.